The summed E-state index contributed by atoms with van der Waals surface area (Å²) in [5, 5.41) is 2.75. The molecule has 0 bridgehead atoms. The molecule has 170 valence electrons. The average molecular weight is 449 g/mol. The number of Topliss-reactive ketones (excluding diaryl/α,β-unsaturated/α-hetero) is 1. The van der Waals surface area contributed by atoms with E-state index in [0.29, 0.717) is 29.0 Å². The number of amides is 1. The predicted octanol–water partition coefficient (Wildman–Crippen LogP) is 3.60. The van der Waals surface area contributed by atoms with Crippen LogP contribution in [0.2, 0.25) is 0 Å². The van der Waals surface area contributed by atoms with Crippen molar-refractivity contribution >= 4 is 11.7 Å². The number of carbonyl (C=O) groups is 2. The molecule has 1 N–H and O–H groups in total. The van der Waals surface area contributed by atoms with E-state index in [2.05, 4.69) is 15.3 Å². The van der Waals surface area contributed by atoms with E-state index in [1.807, 2.05) is 19.9 Å². The first-order valence-electron chi connectivity index (χ1n) is 10.6. The van der Waals surface area contributed by atoms with E-state index in [1.54, 1.807) is 30.5 Å². The third-order valence-corrected chi connectivity index (χ3v) is 5.36. The van der Waals surface area contributed by atoms with E-state index in [1.165, 1.54) is 13.0 Å². The fourth-order valence-corrected chi connectivity index (χ4v) is 3.66. The van der Waals surface area contributed by atoms with E-state index >= 15 is 0 Å². The Hall–Kier alpha value is -3.81. The molecule has 1 aromatic heterocycles. The Morgan fingerprint density at radius 3 is 2.70 bits per heavy atom. The second-order valence-corrected chi connectivity index (χ2v) is 8.01. The number of rotatable bonds is 7. The Morgan fingerprint density at radius 2 is 1.97 bits per heavy atom. The number of benzene rings is 2. The SMILES string of the molecule is CC(=O)c1ccc(OCC(=O)NCC2Cc3cc(-c4nc(C)cnc4C)cc(F)c3O2)cc1. The van der Waals surface area contributed by atoms with Gasteiger partial charge in [-0.2, -0.15) is 0 Å². The molecular weight excluding hydrogens is 425 g/mol. The second kappa shape index (κ2) is 9.36. The zero-order valence-electron chi connectivity index (χ0n) is 18.6. The number of hydrogen-bond acceptors (Lipinski definition) is 6. The van der Waals surface area contributed by atoms with Gasteiger partial charge in [0, 0.05) is 29.3 Å². The van der Waals surface area contributed by atoms with E-state index in [9.17, 15) is 14.0 Å². The number of halogens is 1. The molecule has 1 aliphatic rings. The van der Waals surface area contributed by atoms with E-state index < -0.39 is 5.82 Å². The summed E-state index contributed by atoms with van der Waals surface area (Å²) in [4.78, 5) is 32.3. The fourth-order valence-electron chi connectivity index (χ4n) is 3.66. The standard InChI is InChI=1S/C25H24FN3O4/c1-14-11-27-15(2)24(29-14)18-8-19-9-21(33-25(19)22(26)10-18)12-28-23(31)13-32-20-6-4-17(5-7-20)16(3)30/h4-8,10-11,21H,9,12-13H2,1-3H3,(H,28,31). The van der Waals surface area contributed by atoms with Crippen molar-refractivity contribution in [3.8, 4) is 22.8 Å². The maximum Gasteiger partial charge on any atom is 0.258 e. The zero-order chi connectivity index (χ0) is 23.5. The number of aryl methyl sites for hydroxylation is 2. The van der Waals surface area contributed by atoms with Crippen LogP contribution in [0.4, 0.5) is 4.39 Å². The van der Waals surface area contributed by atoms with Gasteiger partial charge < -0.3 is 14.8 Å². The molecule has 2 heterocycles. The summed E-state index contributed by atoms with van der Waals surface area (Å²) in [7, 11) is 0. The molecule has 0 saturated heterocycles. The Bertz CT molecular complexity index is 1210. The van der Waals surface area contributed by atoms with Crippen LogP contribution in [0, 0.1) is 19.7 Å². The van der Waals surface area contributed by atoms with Gasteiger partial charge in [0.1, 0.15) is 11.9 Å². The van der Waals surface area contributed by atoms with Crippen LogP contribution < -0.4 is 14.8 Å². The van der Waals surface area contributed by atoms with Gasteiger partial charge in [0.25, 0.3) is 5.91 Å². The Balaban J connectivity index is 1.33. The van der Waals surface area contributed by atoms with Crippen molar-refractivity contribution in [3.63, 3.8) is 0 Å². The first-order valence-corrected chi connectivity index (χ1v) is 10.6. The first kappa shape index (κ1) is 22.4. The molecule has 1 amide bonds. The highest BCUT2D eigenvalue weighted by Crippen LogP contribution is 2.35. The summed E-state index contributed by atoms with van der Waals surface area (Å²) in [6, 6.07) is 9.84. The van der Waals surface area contributed by atoms with Crippen LogP contribution in [0.5, 0.6) is 11.5 Å². The van der Waals surface area contributed by atoms with Crippen LogP contribution >= 0.6 is 0 Å². The normalized spacial score (nSPS) is 14.4. The molecule has 1 atom stereocenters. The van der Waals surface area contributed by atoms with Gasteiger partial charge in [-0.3, -0.25) is 14.6 Å². The van der Waals surface area contributed by atoms with Crippen molar-refractivity contribution in [2.45, 2.75) is 33.3 Å². The predicted molar refractivity (Wildman–Crippen MR) is 120 cm³/mol. The number of ether oxygens (including phenoxy) is 2. The summed E-state index contributed by atoms with van der Waals surface area (Å²) in [5.41, 5.74) is 4.07. The Labute approximate surface area is 191 Å². The third kappa shape index (κ3) is 5.16. The lowest BCUT2D eigenvalue weighted by molar-refractivity contribution is -0.123. The maximum atomic E-state index is 14.7. The minimum Gasteiger partial charge on any atom is -0.485 e. The zero-order valence-corrected chi connectivity index (χ0v) is 18.6. The lowest BCUT2D eigenvalue weighted by Gasteiger charge is -2.12. The number of nitrogens with zero attached hydrogens (tertiary/aromatic N) is 2. The maximum absolute atomic E-state index is 14.7. The number of carbonyl (C=O) groups excluding carboxylic acids is 2. The molecule has 7 nitrogen and oxygen atoms in total. The number of nitrogens with one attached hydrogen (secondary N) is 1. The van der Waals surface area contributed by atoms with Gasteiger partial charge in [-0.05, 0) is 57.2 Å². The molecule has 1 aliphatic heterocycles. The lowest BCUT2D eigenvalue weighted by Crippen LogP contribution is -2.37. The molecule has 4 rings (SSSR count). The van der Waals surface area contributed by atoms with Gasteiger partial charge in [0.15, 0.2) is 24.0 Å². The molecule has 0 spiro atoms. The Morgan fingerprint density at radius 1 is 1.21 bits per heavy atom. The number of fused-ring (bicyclic) bond motifs is 1. The topological polar surface area (TPSA) is 90.4 Å². The van der Waals surface area contributed by atoms with Crippen LogP contribution in [0.1, 0.15) is 34.2 Å². The molecule has 3 aromatic rings. The van der Waals surface area contributed by atoms with Crippen LogP contribution in [0.15, 0.2) is 42.6 Å². The van der Waals surface area contributed by atoms with E-state index in [4.69, 9.17) is 9.47 Å². The summed E-state index contributed by atoms with van der Waals surface area (Å²) >= 11 is 0. The fraction of sp³-hybridized carbons (Fsp3) is 0.280. The molecular formula is C25H24FN3O4. The summed E-state index contributed by atoms with van der Waals surface area (Å²) in [6.45, 7) is 5.20. The minimum atomic E-state index is -0.462. The molecule has 1 unspecified atom stereocenters. The molecule has 2 aromatic carbocycles. The highest BCUT2D eigenvalue weighted by molar-refractivity contribution is 5.94. The molecule has 0 saturated carbocycles. The van der Waals surface area contributed by atoms with Gasteiger partial charge in [-0.25, -0.2) is 9.37 Å². The van der Waals surface area contributed by atoms with Crippen LogP contribution in [0.3, 0.4) is 0 Å². The van der Waals surface area contributed by atoms with Crippen LogP contribution in [-0.2, 0) is 11.2 Å². The van der Waals surface area contributed by atoms with Gasteiger partial charge in [0.05, 0.1) is 23.6 Å². The van der Waals surface area contributed by atoms with Crippen molar-refractivity contribution in [2.24, 2.45) is 0 Å². The van der Waals surface area contributed by atoms with E-state index in [-0.39, 0.29) is 36.7 Å². The summed E-state index contributed by atoms with van der Waals surface area (Å²) in [5.74, 6) is -0.127. The Kier molecular flexibility index (Phi) is 6.35. The summed E-state index contributed by atoms with van der Waals surface area (Å²) in [6.07, 6.45) is 1.76. The molecule has 0 fully saturated rings. The third-order valence-electron chi connectivity index (χ3n) is 5.36. The smallest absolute Gasteiger partial charge is 0.258 e. The monoisotopic (exact) mass is 449 g/mol. The van der Waals surface area contributed by atoms with Crippen molar-refractivity contribution in [1.29, 1.82) is 0 Å². The van der Waals surface area contributed by atoms with Gasteiger partial charge >= 0.3 is 0 Å². The number of aromatic nitrogens is 2. The highest BCUT2D eigenvalue weighted by Gasteiger charge is 2.27. The lowest BCUT2D eigenvalue weighted by atomic mass is 10.0. The molecule has 33 heavy (non-hydrogen) atoms. The second-order valence-electron chi connectivity index (χ2n) is 8.01. The first-order chi connectivity index (χ1) is 15.8. The van der Waals surface area contributed by atoms with Gasteiger partial charge in [0.2, 0.25) is 0 Å². The molecule has 0 radical (unpaired) electrons. The number of hydrogen-bond donors (Lipinski definition) is 1. The van der Waals surface area contributed by atoms with Crippen molar-refractivity contribution < 1.29 is 23.5 Å². The summed E-state index contributed by atoms with van der Waals surface area (Å²) < 4.78 is 25.9. The van der Waals surface area contributed by atoms with E-state index in [0.717, 1.165) is 17.0 Å². The van der Waals surface area contributed by atoms with Crippen molar-refractivity contribution in [1.82, 2.24) is 15.3 Å². The van der Waals surface area contributed by atoms with Crippen LogP contribution in [-0.4, -0.2) is 40.9 Å². The quantitative estimate of drug-likeness (QED) is 0.555. The average Bonchev–Trinajstić information content (AvgIpc) is 3.22. The molecule has 0 aliphatic carbocycles. The number of ketones is 1. The van der Waals surface area contributed by atoms with Crippen molar-refractivity contribution in [2.75, 3.05) is 13.2 Å². The molecule has 8 heteroatoms. The largest absolute Gasteiger partial charge is 0.485 e. The van der Waals surface area contributed by atoms with Gasteiger partial charge in [-0.15, -0.1) is 0 Å². The van der Waals surface area contributed by atoms with Crippen molar-refractivity contribution in [3.05, 3.63) is 70.9 Å². The van der Waals surface area contributed by atoms with Crippen LogP contribution in [0.25, 0.3) is 11.3 Å². The van der Waals surface area contributed by atoms with Gasteiger partial charge in [-0.1, -0.05) is 0 Å². The minimum absolute atomic E-state index is 0.0395. The highest BCUT2D eigenvalue weighted by atomic mass is 19.1.